The molecule has 0 aromatic carbocycles. The van der Waals surface area contributed by atoms with Crippen molar-refractivity contribution in [2.75, 3.05) is 34.5 Å². The van der Waals surface area contributed by atoms with Gasteiger partial charge in [0, 0.05) is 17.3 Å². The second-order valence-corrected chi connectivity index (χ2v) is 26.0. The first-order chi connectivity index (χ1) is 24.0. The van der Waals surface area contributed by atoms with Gasteiger partial charge in [0.1, 0.15) is 0 Å². The lowest BCUT2D eigenvalue weighted by molar-refractivity contribution is 0.593. The Morgan fingerprint density at radius 2 is 0.686 bits per heavy atom. The molecule has 0 aliphatic rings. The van der Waals surface area contributed by atoms with Gasteiger partial charge in [0.2, 0.25) is 55.5 Å². The van der Waals surface area contributed by atoms with Gasteiger partial charge >= 0.3 is 0 Å². The summed E-state index contributed by atoms with van der Waals surface area (Å²) in [6.07, 6.45) is 8.89. The van der Waals surface area contributed by atoms with Crippen molar-refractivity contribution >= 4 is 95.9 Å². The minimum atomic E-state index is -3.33. The Bertz CT molecular complexity index is 1870. The fourth-order valence-corrected chi connectivity index (χ4v) is 14.2. The highest BCUT2D eigenvalue weighted by atomic mass is 32.3. The minimum absolute atomic E-state index is 0.00916. The SMILES string of the molecule is CCCCCCS(=O)c1nnc(S(=O)(=O)CC)s1.CCCCCS(=O)c1nnc(S(=O)(=O)CC)s1.CCCCS(=O)c1nnc(S(=O)(=O)CC)s1. The lowest BCUT2D eigenvalue weighted by Gasteiger charge is -1.97. The molecule has 0 radical (unpaired) electrons. The van der Waals surface area contributed by atoms with Gasteiger partial charge in [-0.3, -0.25) is 12.6 Å². The molecule has 0 fully saturated rings. The number of aromatic nitrogens is 6. The van der Waals surface area contributed by atoms with Crippen LogP contribution in [-0.2, 0) is 61.9 Å². The lowest BCUT2D eigenvalue weighted by atomic mass is 10.2. The van der Waals surface area contributed by atoms with E-state index in [0.29, 0.717) is 30.3 Å². The van der Waals surface area contributed by atoms with E-state index in [1.807, 2.05) is 6.92 Å². The zero-order valence-electron chi connectivity index (χ0n) is 29.6. The Kier molecular flexibility index (Phi) is 23.0. The topological polar surface area (TPSA) is 231 Å². The van der Waals surface area contributed by atoms with Crippen molar-refractivity contribution in [3.05, 3.63) is 0 Å². The Morgan fingerprint density at radius 1 is 0.412 bits per heavy atom. The van der Waals surface area contributed by atoms with Gasteiger partial charge in [-0.25, -0.2) is 25.3 Å². The Labute approximate surface area is 321 Å². The molecule has 3 aromatic rings. The highest BCUT2D eigenvalue weighted by Gasteiger charge is 2.22. The Balaban J connectivity index is 0.000000383. The summed E-state index contributed by atoms with van der Waals surface area (Å²) in [5.41, 5.74) is 0. The summed E-state index contributed by atoms with van der Waals surface area (Å²) >= 11 is 2.76. The van der Waals surface area contributed by atoms with Crippen molar-refractivity contribution in [3.8, 4) is 0 Å². The minimum Gasteiger partial charge on any atom is -0.252 e. The molecule has 0 aliphatic heterocycles. The predicted molar refractivity (Wildman–Crippen MR) is 205 cm³/mol. The fraction of sp³-hybridized carbons (Fsp3) is 0.778. The summed E-state index contributed by atoms with van der Waals surface area (Å²) in [6.45, 7) is 10.8. The molecule has 15 nitrogen and oxygen atoms in total. The van der Waals surface area contributed by atoms with Crippen LogP contribution >= 0.6 is 34.0 Å². The van der Waals surface area contributed by atoms with E-state index in [9.17, 15) is 37.9 Å². The van der Waals surface area contributed by atoms with Gasteiger partial charge in [-0.15, -0.1) is 30.6 Å². The molecule has 0 aliphatic carbocycles. The first-order valence-electron chi connectivity index (χ1n) is 16.4. The zero-order valence-corrected chi connectivity index (χ0v) is 37.0. The molecule has 0 spiro atoms. The van der Waals surface area contributed by atoms with E-state index in [0.717, 1.165) is 91.8 Å². The summed E-state index contributed by atoms with van der Waals surface area (Å²) in [5.74, 6) is 1.53. The molecule has 0 saturated carbocycles. The Hall–Kier alpha value is -1.02. The van der Waals surface area contributed by atoms with Crippen LogP contribution in [0.5, 0.6) is 0 Å². The highest BCUT2D eigenvalue weighted by molar-refractivity contribution is 7.95. The van der Waals surface area contributed by atoms with Gasteiger partial charge in [-0.2, -0.15) is 0 Å². The molecule has 3 unspecified atom stereocenters. The summed E-state index contributed by atoms with van der Waals surface area (Å²) in [7, 11) is -13.6. The van der Waals surface area contributed by atoms with E-state index in [-0.39, 0.29) is 30.3 Å². The average Bonchev–Trinajstić information content (AvgIpc) is 3.92. The third-order valence-corrected chi connectivity index (χ3v) is 21.0. The van der Waals surface area contributed by atoms with Crippen LogP contribution in [0.3, 0.4) is 0 Å². The number of rotatable bonds is 21. The summed E-state index contributed by atoms with van der Waals surface area (Å²) < 4.78 is 105. The molecule has 3 aromatic heterocycles. The van der Waals surface area contributed by atoms with Gasteiger partial charge in [0.05, 0.1) is 49.7 Å². The summed E-state index contributed by atoms with van der Waals surface area (Å²) in [4.78, 5) is 0. The maximum Gasteiger partial charge on any atom is 0.233 e. The van der Waals surface area contributed by atoms with E-state index < -0.39 is 61.9 Å². The van der Waals surface area contributed by atoms with Crippen molar-refractivity contribution in [1.29, 1.82) is 0 Å². The number of nitrogens with zero attached hydrogens (tertiary/aromatic N) is 6. The quantitative estimate of drug-likeness (QED) is 0.130. The molecular weight excluding hydrogens is 841 g/mol. The number of hydrogen-bond acceptors (Lipinski definition) is 18. The smallest absolute Gasteiger partial charge is 0.233 e. The molecule has 3 heterocycles. The first-order valence-corrected chi connectivity index (χ1v) is 27.7. The molecule has 3 atom stereocenters. The summed E-state index contributed by atoms with van der Waals surface area (Å²) in [5, 5.41) is 21.9. The molecule has 294 valence electrons. The molecule has 51 heavy (non-hydrogen) atoms. The molecule has 0 amide bonds. The van der Waals surface area contributed by atoms with E-state index in [1.54, 1.807) is 20.8 Å². The molecule has 0 saturated heterocycles. The van der Waals surface area contributed by atoms with Crippen LogP contribution in [-0.4, -0.2) is 103 Å². The van der Waals surface area contributed by atoms with E-state index in [2.05, 4.69) is 44.4 Å². The van der Waals surface area contributed by atoms with Crippen LogP contribution in [0.2, 0.25) is 0 Å². The molecule has 3 rings (SSSR count). The second kappa shape index (κ2) is 24.4. The third-order valence-electron chi connectivity index (χ3n) is 6.49. The van der Waals surface area contributed by atoms with Gasteiger partial charge in [-0.05, 0) is 19.3 Å². The molecular formula is C27H48N6O9S9. The maximum atomic E-state index is 11.9. The maximum absolute atomic E-state index is 11.9. The van der Waals surface area contributed by atoms with Crippen molar-refractivity contribution in [1.82, 2.24) is 30.6 Å². The molecule has 0 N–H and O–H groups in total. The lowest BCUT2D eigenvalue weighted by Crippen LogP contribution is -2.02. The fourth-order valence-electron chi connectivity index (χ4n) is 3.30. The monoisotopic (exact) mass is 888 g/mol. The largest absolute Gasteiger partial charge is 0.252 e. The Morgan fingerprint density at radius 3 is 0.980 bits per heavy atom. The number of unbranched alkanes of at least 4 members (excludes halogenated alkanes) is 6. The van der Waals surface area contributed by atoms with Crippen molar-refractivity contribution in [2.24, 2.45) is 0 Å². The van der Waals surface area contributed by atoms with Crippen molar-refractivity contribution < 1.29 is 37.9 Å². The van der Waals surface area contributed by atoms with E-state index >= 15 is 0 Å². The molecule has 24 heteroatoms. The zero-order chi connectivity index (χ0) is 38.7. The molecule has 0 bridgehead atoms. The highest BCUT2D eigenvalue weighted by Crippen LogP contribution is 2.22. The van der Waals surface area contributed by atoms with Crippen LogP contribution in [0.1, 0.15) is 99.3 Å². The van der Waals surface area contributed by atoms with Gasteiger partial charge < -0.3 is 0 Å². The number of hydrogen-bond donors (Lipinski definition) is 0. The normalized spacial score (nSPS) is 13.8. The van der Waals surface area contributed by atoms with Crippen LogP contribution < -0.4 is 0 Å². The average molecular weight is 889 g/mol. The number of sulfone groups is 3. The van der Waals surface area contributed by atoms with Gasteiger partial charge in [-0.1, -0.05) is 114 Å². The standard InChI is InChI=1S/C10H18N2O3S3.C9H16N2O3S3.C8H14N2O3S3/c1-3-5-6-7-8-17(13)9-11-12-10(16-9)18(14,15)4-2;1-3-5-6-7-16(12)8-10-11-9(15-8)17(13,14)4-2;1-3-5-6-15(11)7-9-10-8(14-7)16(12,13)4-2/h3-8H2,1-2H3;3-7H2,1-2H3;3-6H2,1-2H3. The van der Waals surface area contributed by atoms with Gasteiger partial charge in [0.15, 0.2) is 0 Å². The van der Waals surface area contributed by atoms with Crippen LogP contribution in [0.25, 0.3) is 0 Å². The summed E-state index contributed by atoms with van der Waals surface area (Å²) in [6, 6.07) is 0. The van der Waals surface area contributed by atoms with Crippen LogP contribution in [0.15, 0.2) is 26.0 Å². The first kappa shape index (κ1) is 48.0. The van der Waals surface area contributed by atoms with Crippen LogP contribution in [0.4, 0.5) is 0 Å². The predicted octanol–water partition coefficient (Wildman–Crippen LogP) is 4.89. The second-order valence-electron chi connectivity index (χ2n) is 10.5. The van der Waals surface area contributed by atoms with E-state index in [4.69, 9.17) is 0 Å². The van der Waals surface area contributed by atoms with Crippen molar-refractivity contribution in [3.63, 3.8) is 0 Å². The third kappa shape index (κ3) is 16.9. The van der Waals surface area contributed by atoms with Crippen molar-refractivity contribution in [2.45, 2.75) is 125 Å². The van der Waals surface area contributed by atoms with Gasteiger partial charge in [0.25, 0.3) is 0 Å². The van der Waals surface area contributed by atoms with Crippen LogP contribution in [0, 0.1) is 0 Å². The van der Waals surface area contributed by atoms with E-state index in [1.165, 1.54) is 0 Å².